The van der Waals surface area contributed by atoms with Crippen LogP contribution in [0.5, 0.6) is 0 Å². The fraction of sp³-hybridized carbons (Fsp3) is 0.500. The largest absolute Gasteiger partial charge is 0.345 e. The average molecular weight is 341 g/mol. The lowest BCUT2D eigenvalue weighted by molar-refractivity contribution is -0.132. The summed E-state index contributed by atoms with van der Waals surface area (Å²) in [6.07, 6.45) is -1.98. The van der Waals surface area contributed by atoms with Crippen molar-refractivity contribution in [2.24, 2.45) is 0 Å². The Morgan fingerprint density at radius 2 is 2.08 bits per heavy atom. The van der Waals surface area contributed by atoms with E-state index < -0.39 is 29.4 Å². The van der Waals surface area contributed by atoms with Crippen LogP contribution in [-0.2, 0) is 15.1 Å². The smallest absolute Gasteiger partial charge is 0.266 e. The van der Waals surface area contributed by atoms with Gasteiger partial charge in [-0.05, 0) is 31.4 Å². The summed E-state index contributed by atoms with van der Waals surface area (Å²) < 4.78 is 39.1. The van der Waals surface area contributed by atoms with Gasteiger partial charge in [0.25, 0.3) is 6.43 Å². The topological polar surface area (TPSA) is 70.2 Å². The fourth-order valence-corrected chi connectivity index (χ4v) is 2.99. The molecule has 3 N–H and O–H groups in total. The van der Waals surface area contributed by atoms with E-state index in [1.807, 2.05) is 0 Å². The Morgan fingerprint density at radius 3 is 2.62 bits per heavy atom. The molecule has 0 spiro atoms. The van der Waals surface area contributed by atoms with Crippen LogP contribution in [0.25, 0.3) is 0 Å². The number of alkyl halides is 2. The highest BCUT2D eigenvalue weighted by Gasteiger charge is 2.47. The Bertz CT molecular complexity index is 677. The number of benzene rings is 1. The van der Waals surface area contributed by atoms with E-state index in [1.54, 1.807) is 6.92 Å². The molecule has 2 atom stereocenters. The van der Waals surface area contributed by atoms with Gasteiger partial charge in [0.05, 0.1) is 29.7 Å². The van der Waals surface area contributed by atoms with Crippen molar-refractivity contribution in [2.45, 2.75) is 50.4 Å². The number of hydrogen-bond donors (Lipinski definition) is 3. The number of nitrogens with one attached hydrogen (secondary N) is 3. The van der Waals surface area contributed by atoms with Gasteiger partial charge in [-0.1, -0.05) is 12.1 Å². The average Bonchev–Trinajstić information content (AvgIpc) is 3.26. The van der Waals surface area contributed by atoms with Crippen molar-refractivity contribution in [3.63, 3.8) is 0 Å². The summed E-state index contributed by atoms with van der Waals surface area (Å²) in [5, 5.41) is 8.45. The molecule has 3 rings (SSSR count). The molecule has 1 aromatic carbocycles. The highest BCUT2D eigenvalue weighted by atomic mass is 19.3. The van der Waals surface area contributed by atoms with Crippen molar-refractivity contribution >= 4 is 11.8 Å². The fourth-order valence-electron chi connectivity index (χ4n) is 2.99. The lowest BCUT2D eigenvalue weighted by Crippen LogP contribution is -2.60. The molecule has 2 fully saturated rings. The van der Waals surface area contributed by atoms with E-state index in [2.05, 4.69) is 16.0 Å². The van der Waals surface area contributed by atoms with Crippen LogP contribution in [0.1, 0.15) is 43.7 Å². The van der Waals surface area contributed by atoms with Gasteiger partial charge in [-0.2, -0.15) is 0 Å². The molecule has 130 valence electrons. The quantitative estimate of drug-likeness (QED) is 0.781. The highest BCUT2D eigenvalue weighted by molar-refractivity contribution is 5.90. The van der Waals surface area contributed by atoms with Crippen molar-refractivity contribution in [1.29, 1.82) is 0 Å². The van der Waals surface area contributed by atoms with Gasteiger partial charge in [-0.3, -0.25) is 14.9 Å². The molecular formula is C16H18F3N3O2. The summed E-state index contributed by atoms with van der Waals surface area (Å²) in [6.45, 7) is 1.72. The van der Waals surface area contributed by atoms with Crippen LogP contribution in [0.4, 0.5) is 13.2 Å². The third-order valence-corrected chi connectivity index (χ3v) is 4.44. The maximum Gasteiger partial charge on any atom is 0.266 e. The molecule has 0 aromatic heterocycles. The summed E-state index contributed by atoms with van der Waals surface area (Å²) in [5.41, 5.74) is -0.927. The molecular weight excluding hydrogens is 323 g/mol. The van der Waals surface area contributed by atoms with Crippen LogP contribution < -0.4 is 16.0 Å². The van der Waals surface area contributed by atoms with E-state index in [1.165, 1.54) is 6.07 Å². The molecule has 8 heteroatoms. The Labute approximate surface area is 137 Å². The van der Waals surface area contributed by atoms with E-state index in [0.29, 0.717) is 18.4 Å². The van der Waals surface area contributed by atoms with E-state index >= 15 is 0 Å². The van der Waals surface area contributed by atoms with Crippen molar-refractivity contribution < 1.29 is 22.8 Å². The zero-order chi connectivity index (χ0) is 17.5. The molecule has 0 bridgehead atoms. The molecule has 1 heterocycles. The van der Waals surface area contributed by atoms with Gasteiger partial charge < -0.3 is 10.6 Å². The Morgan fingerprint density at radius 1 is 1.38 bits per heavy atom. The first-order chi connectivity index (χ1) is 11.3. The number of amides is 2. The summed E-state index contributed by atoms with van der Waals surface area (Å²) in [6, 6.07) is 2.85. The maximum absolute atomic E-state index is 13.8. The van der Waals surface area contributed by atoms with Gasteiger partial charge >= 0.3 is 0 Å². The molecule has 24 heavy (non-hydrogen) atoms. The molecule has 2 amide bonds. The Balaban J connectivity index is 1.74. The highest BCUT2D eigenvalue weighted by Crippen LogP contribution is 2.46. The summed E-state index contributed by atoms with van der Waals surface area (Å²) in [7, 11) is 0. The van der Waals surface area contributed by atoms with E-state index in [9.17, 15) is 22.8 Å². The van der Waals surface area contributed by atoms with Gasteiger partial charge in [0.2, 0.25) is 11.8 Å². The first-order valence-corrected chi connectivity index (χ1v) is 7.76. The molecule has 1 saturated carbocycles. The minimum atomic E-state index is -2.88. The first-order valence-electron chi connectivity index (χ1n) is 7.76. The molecule has 5 nitrogen and oxygen atoms in total. The van der Waals surface area contributed by atoms with Crippen LogP contribution in [0.3, 0.4) is 0 Å². The first kappa shape index (κ1) is 16.8. The SMILES string of the molecule is CC1NC(=O)CC(C(=O)NC2(c3ccc(C(F)F)c(F)c3)CC2)N1. The Kier molecular flexibility index (Phi) is 4.25. The summed E-state index contributed by atoms with van der Waals surface area (Å²) in [4.78, 5) is 23.9. The van der Waals surface area contributed by atoms with Crippen molar-refractivity contribution in [1.82, 2.24) is 16.0 Å². The van der Waals surface area contributed by atoms with Gasteiger partial charge in [-0.25, -0.2) is 13.2 Å². The molecule has 1 saturated heterocycles. The molecule has 1 aromatic rings. The predicted molar refractivity (Wildman–Crippen MR) is 79.6 cm³/mol. The lowest BCUT2D eigenvalue weighted by Gasteiger charge is -2.30. The zero-order valence-electron chi connectivity index (χ0n) is 13.0. The normalized spacial score (nSPS) is 25.3. The van der Waals surface area contributed by atoms with Crippen LogP contribution in [0.15, 0.2) is 18.2 Å². The monoisotopic (exact) mass is 341 g/mol. The van der Waals surface area contributed by atoms with Gasteiger partial charge in [0.1, 0.15) is 5.82 Å². The van der Waals surface area contributed by atoms with E-state index in [0.717, 1.165) is 12.1 Å². The van der Waals surface area contributed by atoms with Crippen molar-refractivity contribution in [2.75, 3.05) is 0 Å². The minimum Gasteiger partial charge on any atom is -0.345 e. The summed E-state index contributed by atoms with van der Waals surface area (Å²) >= 11 is 0. The maximum atomic E-state index is 13.8. The molecule has 2 aliphatic rings. The van der Waals surface area contributed by atoms with Crippen LogP contribution >= 0.6 is 0 Å². The number of carbonyl (C=O) groups excluding carboxylic acids is 2. The molecule has 2 unspecified atom stereocenters. The number of carbonyl (C=O) groups is 2. The van der Waals surface area contributed by atoms with Gasteiger partial charge in [0.15, 0.2) is 0 Å². The number of halogens is 3. The standard InChI is InChI=1S/C16H18F3N3O2/c1-8-20-12(7-13(23)21-8)15(24)22-16(4-5-16)9-2-3-10(14(18)19)11(17)6-9/h2-3,6,8,12,14,20H,4-5,7H2,1H3,(H,21,23)(H,22,24). The number of hydrogen-bond acceptors (Lipinski definition) is 3. The van der Waals surface area contributed by atoms with Crippen molar-refractivity contribution in [3.05, 3.63) is 35.1 Å². The molecule has 0 radical (unpaired) electrons. The van der Waals surface area contributed by atoms with Gasteiger partial charge in [-0.15, -0.1) is 0 Å². The second-order valence-electron chi connectivity index (χ2n) is 6.32. The Hall–Kier alpha value is -2.09. The van der Waals surface area contributed by atoms with Crippen LogP contribution in [-0.4, -0.2) is 24.0 Å². The third-order valence-electron chi connectivity index (χ3n) is 4.44. The molecule has 1 aliphatic heterocycles. The van der Waals surface area contributed by atoms with Gasteiger partial charge in [0, 0.05) is 0 Å². The summed E-state index contributed by atoms with van der Waals surface area (Å²) in [5.74, 6) is -1.56. The lowest BCUT2D eigenvalue weighted by atomic mass is 10.0. The zero-order valence-corrected chi connectivity index (χ0v) is 13.0. The third kappa shape index (κ3) is 3.24. The number of rotatable bonds is 4. The second kappa shape index (κ2) is 6.08. The van der Waals surface area contributed by atoms with Crippen molar-refractivity contribution in [3.8, 4) is 0 Å². The van der Waals surface area contributed by atoms with E-state index in [-0.39, 0.29) is 24.4 Å². The second-order valence-corrected chi connectivity index (χ2v) is 6.32. The van der Waals surface area contributed by atoms with Crippen LogP contribution in [0, 0.1) is 5.82 Å². The predicted octanol–water partition coefficient (Wildman–Crippen LogP) is 1.69. The van der Waals surface area contributed by atoms with E-state index in [4.69, 9.17) is 0 Å². The minimum absolute atomic E-state index is 0.0188. The molecule has 1 aliphatic carbocycles. The van der Waals surface area contributed by atoms with Crippen LogP contribution in [0.2, 0.25) is 0 Å².